The van der Waals surface area contributed by atoms with Crippen LogP contribution in [0.25, 0.3) is 6.08 Å². The van der Waals surface area contributed by atoms with Crippen molar-refractivity contribution in [2.45, 2.75) is 6.92 Å². The molecule has 1 aliphatic rings. The van der Waals surface area contributed by atoms with Gasteiger partial charge in [0.25, 0.3) is 5.69 Å². The van der Waals surface area contributed by atoms with Crippen LogP contribution in [-0.2, 0) is 9.53 Å². The van der Waals surface area contributed by atoms with Gasteiger partial charge in [-0.2, -0.15) is 0 Å². The molecule has 142 valence electrons. The zero-order chi connectivity index (χ0) is 20.3. The molecule has 0 aromatic heterocycles. The maximum Gasteiger partial charge on any atom is 0.363 e. The average Bonchev–Trinajstić information content (AvgIpc) is 3.01. The molecule has 0 saturated heterocycles. The molecule has 0 N–H and O–H groups in total. The Balaban J connectivity index is 1.85. The van der Waals surface area contributed by atoms with Crippen LogP contribution in [0, 0.1) is 10.1 Å². The standard InChI is InChI=1S/C20H15ClN2O5/c1-12(2)11-27-15-6-3-13(4-7-15)9-18-20(24)28-19(22-18)16-10-14(23(25)26)5-8-17(16)21/h3-10H,1,11H2,2H3. The van der Waals surface area contributed by atoms with Crippen LogP contribution in [0.5, 0.6) is 5.75 Å². The van der Waals surface area contributed by atoms with Crippen molar-refractivity contribution in [2.75, 3.05) is 6.61 Å². The van der Waals surface area contributed by atoms with Gasteiger partial charge < -0.3 is 9.47 Å². The molecule has 2 aromatic rings. The molecular formula is C20H15ClN2O5. The fraction of sp³-hybridized carbons (Fsp3) is 0.100. The third kappa shape index (κ3) is 4.44. The smallest absolute Gasteiger partial charge is 0.363 e. The number of ether oxygens (including phenoxy) is 2. The third-order valence-corrected chi connectivity index (χ3v) is 4.01. The Labute approximate surface area is 165 Å². The van der Waals surface area contributed by atoms with Crippen LogP contribution in [0.15, 0.2) is 65.3 Å². The number of hydrogen-bond acceptors (Lipinski definition) is 6. The van der Waals surface area contributed by atoms with Crippen molar-refractivity contribution in [3.63, 3.8) is 0 Å². The van der Waals surface area contributed by atoms with E-state index in [-0.39, 0.29) is 27.9 Å². The van der Waals surface area contributed by atoms with Gasteiger partial charge in [0.05, 0.1) is 15.5 Å². The summed E-state index contributed by atoms with van der Waals surface area (Å²) in [6, 6.07) is 10.9. The van der Waals surface area contributed by atoms with Gasteiger partial charge in [0.2, 0.25) is 5.90 Å². The van der Waals surface area contributed by atoms with Gasteiger partial charge in [0.1, 0.15) is 12.4 Å². The van der Waals surface area contributed by atoms with Gasteiger partial charge in [-0.25, -0.2) is 9.79 Å². The molecule has 3 rings (SSSR count). The Morgan fingerprint density at radius 3 is 2.68 bits per heavy atom. The van der Waals surface area contributed by atoms with Crippen molar-refractivity contribution in [3.8, 4) is 5.75 Å². The van der Waals surface area contributed by atoms with Gasteiger partial charge in [-0.15, -0.1) is 0 Å². The van der Waals surface area contributed by atoms with Crippen molar-refractivity contribution in [3.05, 3.63) is 86.6 Å². The summed E-state index contributed by atoms with van der Waals surface area (Å²) in [4.78, 5) is 26.6. The van der Waals surface area contributed by atoms with Crippen molar-refractivity contribution < 1.29 is 19.2 Å². The largest absolute Gasteiger partial charge is 0.489 e. The number of non-ortho nitro benzene ring substituents is 1. The molecule has 0 atom stereocenters. The van der Waals surface area contributed by atoms with E-state index in [1.165, 1.54) is 18.2 Å². The number of rotatable bonds is 6. The molecule has 1 aliphatic heterocycles. The predicted octanol–water partition coefficient (Wildman–Crippen LogP) is 4.55. The second kappa shape index (κ2) is 8.06. The number of cyclic esters (lactones) is 1. The summed E-state index contributed by atoms with van der Waals surface area (Å²) in [6.07, 6.45) is 1.54. The Morgan fingerprint density at radius 2 is 2.04 bits per heavy atom. The highest BCUT2D eigenvalue weighted by molar-refractivity contribution is 6.34. The van der Waals surface area contributed by atoms with E-state index in [1.54, 1.807) is 30.3 Å². The van der Waals surface area contributed by atoms with E-state index in [1.807, 2.05) is 6.92 Å². The van der Waals surface area contributed by atoms with Gasteiger partial charge in [-0.05, 0) is 42.3 Å². The van der Waals surface area contributed by atoms with E-state index in [9.17, 15) is 14.9 Å². The van der Waals surface area contributed by atoms with E-state index in [0.717, 1.165) is 5.57 Å². The van der Waals surface area contributed by atoms with Crippen LogP contribution < -0.4 is 4.74 Å². The van der Waals surface area contributed by atoms with Crippen LogP contribution in [0.2, 0.25) is 5.02 Å². The number of esters is 1. The monoisotopic (exact) mass is 398 g/mol. The first-order valence-electron chi connectivity index (χ1n) is 8.17. The highest BCUT2D eigenvalue weighted by Crippen LogP contribution is 2.27. The normalized spacial score (nSPS) is 14.6. The molecule has 2 aromatic carbocycles. The van der Waals surface area contributed by atoms with E-state index < -0.39 is 10.9 Å². The zero-order valence-electron chi connectivity index (χ0n) is 14.8. The number of halogens is 1. The summed E-state index contributed by atoms with van der Waals surface area (Å²) in [5.74, 6) is -0.0711. The van der Waals surface area contributed by atoms with Gasteiger partial charge in [0.15, 0.2) is 5.70 Å². The fourth-order valence-corrected chi connectivity index (χ4v) is 2.54. The highest BCUT2D eigenvalue weighted by atomic mass is 35.5. The molecule has 0 radical (unpaired) electrons. The van der Waals surface area contributed by atoms with Crippen molar-refractivity contribution in [1.29, 1.82) is 0 Å². The van der Waals surface area contributed by atoms with Crippen molar-refractivity contribution >= 4 is 35.2 Å². The Hall–Kier alpha value is -3.45. The minimum atomic E-state index is -0.666. The third-order valence-electron chi connectivity index (χ3n) is 3.68. The predicted molar refractivity (Wildman–Crippen MR) is 105 cm³/mol. The maximum atomic E-state index is 12.1. The number of nitro groups is 1. The van der Waals surface area contributed by atoms with Crippen LogP contribution in [0.3, 0.4) is 0 Å². The van der Waals surface area contributed by atoms with Crippen LogP contribution >= 0.6 is 11.6 Å². The lowest BCUT2D eigenvalue weighted by atomic mass is 10.2. The van der Waals surface area contributed by atoms with Gasteiger partial charge in [0, 0.05) is 12.1 Å². The first-order chi connectivity index (χ1) is 13.3. The molecule has 28 heavy (non-hydrogen) atoms. The van der Waals surface area contributed by atoms with Crippen LogP contribution in [-0.4, -0.2) is 23.4 Å². The van der Waals surface area contributed by atoms with E-state index >= 15 is 0 Å². The SMILES string of the molecule is C=C(C)COc1ccc(C=C2N=C(c3cc([N+](=O)[O-])ccc3Cl)OC2=O)cc1. The second-order valence-electron chi connectivity index (χ2n) is 6.07. The van der Waals surface area contributed by atoms with E-state index in [2.05, 4.69) is 11.6 Å². The molecule has 0 unspecified atom stereocenters. The number of benzene rings is 2. The van der Waals surface area contributed by atoms with E-state index in [4.69, 9.17) is 21.1 Å². The highest BCUT2D eigenvalue weighted by Gasteiger charge is 2.27. The summed E-state index contributed by atoms with van der Waals surface area (Å²) in [5.41, 5.74) is 1.68. The fourth-order valence-electron chi connectivity index (χ4n) is 2.34. The molecule has 0 saturated carbocycles. The minimum Gasteiger partial charge on any atom is -0.489 e. The van der Waals surface area contributed by atoms with Crippen LogP contribution in [0.4, 0.5) is 5.69 Å². The molecule has 8 heteroatoms. The molecular weight excluding hydrogens is 384 g/mol. The molecule has 7 nitrogen and oxygen atoms in total. The molecule has 0 amide bonds. The molecule has 1 heterocycles. The number of carbonyl (C=O) groups is 1. The quantitative estimate of drug-likeness (QED) is 0.234. The lowest BCUT2D eigenvalue weighted by Gasteiger charge is -2.05. The van der Waals surface area contributed by atoms with E-state index in [0.29, 0.717) is 17.9 Å². The zero-order valence-corrected chi connectivity index (χ0v) is 15.6. The number of nitrogens with zero attached hydrogens (tertiary/aromatic N) is 2. The maximum absolute atomic E-state index is 12.1. The molecule has 0 fully saturated rings. The lowest BCUT2D eigenvalue weighted by molar-refractivity contribution is -0.384. The minimum absolute atomic E-state index is 0.0631. The number of carbonyl (C=O) groups excluding carboxylic acids is 1. The van der Waals surface area contributed by atoms with Gasteiger partial charge >= 0.3 is 5.97 Å². The number of hydrogen-bond donors (Lipinski definition) is 0. The summed E-state index contributed by atoms with van der Waals surface area (Å²) >= 11 is 6.07. The summed E-state index contributed by atoms with van der Waals surface area (Å²) in [7, 11) is 0. The molecule has 0 bridgehead atoms. The van der Waals surface area contributed by atoms with Crippen molar-refractivity contribution in [2.24, 2.45) is 4.99 Å². The summed E-state index contributed by atoms with van der Waals surface area (Å²) in [6.45, 7) is 6.06. The van der Waals surface area contributed by atoms with Crippen LogP contribution in [0.1, 0.15) is 18.1 Å². The first kappa shape index (κ1) is 19.3. The molecule has 0 aliphatic carbocycles. The Bertz CT molecular complexity index is 1030. The topological polar surface area (TPSA) is 91.0 Å². The average molecular weight is 399 g/mol. The number of aliphatic imine (C=N–C) groups is 1. The Morgan fingerprint density at radius 1 is 1.32 bits per heavy atom. The Kier molecular flexibility index (Phi) is 5.56. The second-order valence-corrected chi connectivity index (χ2v) is 6.48. The summed E-state index contributed by atoms with van der Waals surface area (Å²) in [5, 5.41) is 11.1. The number of nitro benzene ring substituents is 1. The van der Waals surface area contributed by atoms with Gasteiger partial charge in [-0.3, -0.25) is 10.1 Å². The van der Waals surface area contributed by atoms with Crippen molar-refractivity contribution in [1.82, 2.24) is 0 Å². The summed E-state index contributed by atoms with van der Waals surface area (Å²) < 4.78 is 10.7. The van der Waals surface area contributed by atoms with Gasteiger partial charge in [-0.1, -0.05) is 30.3 Å². The lowest BCUT2D eigenvalue weighted by Crippen LogP contribution is -2.06. The molecule has 0 spiro atoms. The first-order valence-corrected chi connectivity index (χ1v) is 8.55.